The maximum absolute atomic E-state index is 14.5. The summed E-state index contributed by atoms with van der Waals surface area (Å²) < 4.78 is 12.9. The van der Waals surface area contributed by atoms with Crippen molar-refractivity contribution in [3.63, 3.8) is 0 Å². The van der Waals surface area contributed by atoms with Gasteiger partial charge in [-0.3, -0.25) is 19.2 Å². The van der Waals surface area contributed by atoms with E-state index in [9.17, 15) is 24.3 Å². The van der Waals surface area contributed by atoms with Crippen LogP contribution in [0.1, 0.15) is 65.5 Å². The number of likely N-dealkylation sites (tertiary alicyclic amines) is 1. The van der Waals surface area contributed by atoms with Crippen molar-refractivity contribution in [2.45, 2.75) is 95.4 Å². The van der Waals surface area contributed by atoms with Gasteiger partial charge in [0.25, 0.3) is 0 Å². The quantitative estimate of drug-likeness (QED) is 0.406. The van der Waals surface area contributed by atoms with Crippen LogP contribution >= 0.6 is 0 Å². The Morgan fingerprint density at radius 1 is 1.09 bits per heavy atom. The molecular weight excluding hydrogens is 550 g/mol. The molecule has 43 heavy (non-hydrogen) atoms. The van der Waals surface area contributed by atoms with Gasteiger partial charge in [-0.15, -0.1) is 0 Å². The molecule has 0 aromatic heterocycles. The zero-order valence-corrected chi connectivity index (χ0v) is 25.6. The number of aliphatic hydroxyl groups excluding tert-OH is 1. The van der Waals surface area contributed by atoms with E-state index < -0.39 is 65.2 Å². The van der Waals surface area contributed by atoms with E-state index in [1.165, 1.54) is 4.90 Å². The largest absolute Gasteiger partial charge is 0.455 e. The minimum absolute atomic E-state index is 0.172. The normalized spacial score (nSPS) is 34.7. The minimum atomic E-state index is -1.45. The lowest BCUT2D eigenvalue weighted by Crippen LogP contribution is -2.60. The molecule has 5 rings (SSSR count). The Bertz CT molecular complexity index is 1300. The highest BCUT2D eigenvalue weighted by atomic mass is 16.6. The van der Waals surface area contributed by atoms with Crippen LogP contribution in [0.2, 0.25) is 0 Å². The highest BCUT2D eigenvalue weighted by molar-refractivity contribution is 5.99. The van der Waals surface area contributed by atoms with Crippen molar-refractivity contribution in [1.82, 2.24) is 15.1 Å². The Morgan fingerprint density at radius 2 is 1.81 bits per heavy atom. The average molecular weight is 594 g/mol. The fourth-order valence-electron chi connectivity index (χ4n) is 7.05. The lowest BCUT2D eigenvalue weighted by atomic mass is 9.77. The number of aliphatic hydroxyl groups is 1. The molecule has 0 radical (unpaired) electrons. The maximum atomic E-state index is 14.5. The molecule has 4 aliphatic rings. The molecule has 1 aromatic carbocycles. The zero-order valence-electron chi connectivity index (χ0n) is 25.6. The van der Waals surface area contributed by atoms with Crippen molar-refractivity contribution in [2.24, 2.45) is 11.8 Å². The number of amides is 3. The van der Waals surface area contributed by atoms with Crippen molar-refractivity contribution in [2.75, 3.05) is 13.2 Å². The van der Waals surface area contributed by atoms with Crippen LogP contribution in [0.3, 0.4) is 0 Å². The molecule has 4 heterocycles. The number of benzene rings is 1. The monoisotopic (exact) mass is 593 g/mol. The highest BCUT2D eigenvalue weighted by Gasteiger charge is 2.72. The van der Waals surface area contributed by atoms with Crippen molar-refractivity contribution in [3.8, 4) is 0 Å². The van der Waals surface area contributed by atoms with Crippen LogP contribution < -0.4 is 5.32 Å². The van der Waals surface area contributed by atoms with E-state index in [4.69, 9.17) is 9.47 Å². The summed E-state index contributed by atoms with van der Waals surface area (Å²) in [5.41, 5.74) is -1.29. The molecule has 10 heteroatoms. The molecular formula is C33H43N3O7. The number of hydrogen-bond donors (Lipinski definition) is 2. The molecule has 0 saturated carbocycles. The number of nitrogens with one attached hydrogen (secondary N) is 1. The summed E-state index contributed by atoms with van der Waals surface area (Å²) in [7, 11) is 0. The third kappa shape index (κ3) is 5.40. The molecule has 1 spiro atoms. The molecule has 2 saturated heterocycles. The number of ether oxygens (including phenoxy) is 2. The standard InChI is InChI=1S/C33H43N3O7/c1-6-22(19-37)36-28-30(40)35(32(3,4)5)18-12-17-33(28)26(29(36)39)25-23(43-33)15-10-11-16-24(38)34-20(2)27(42-31(25)41)21-13-8-7-9-14-21/h7-10,12-15,17,20,22-23,25-28,37H,6,11,16,18-19H2,1-5H3,(H,34,38)/b15-10-/t20-,22-,23-,25+,26+,27+,28-,33+/m0/s1. The Morgan fingerprint density at radius 3 is 2.47 bits per heavy atom. The number of rotatable bonds is 4. The van der Waals surface area contributed by atoms with Gasteiger partial charge in [0.2, 0.25) is 17.7 Å². The first-order valence-electron chi connectivity index (χ1n) is 15.3. The SMILES string of the molecule is CC[C@@H](CO)N1C(=O)[C@H]2[C@@H]3C(=O)O[C@@H](c4ccccc4)[C@H](C)NC(=O)CC/C=C\[C@@H]3O[C@]23C=CCN(C(C)(C)C)C(=O)[C@H]13. The first-order valence-corrected chi connectivity index (χ1v) is 15.3. The second-order valence-corrected chi connectivity index (χ2v) is 12.9. The maximum Gasteiger partial charge on any atom is 0.313 e. The first kappa shape index (κ1) is 30.9. The van der Waals surface area contributed by atoms with E-state index >= 15 is 0 Å². The summed E-state index contributed by atoms with van der Waals surface area (Å²) in [5.74, 6) is -3.63. The van der Waals surface area contributed by atoms with E-state index in [1.807, 2.05) is 64.1 Å². The molecule has 0 aliphatic carbocycles. The van der Waals surface area contributed by atoms with Crippen molar-refractivity contribution >= 4 is 23.7 Å². The number of carbonyl (C=O) groups is 4. The number of allylic oxidation sites excluding steroid dienone is 1. The second-order valence-electron chi connectivity index (χ2n) is 12.9. The number of carbonyl (C=O) groups excluding carboxylic acids is 4. The van der Waals surface area contributed by atoms with E-state index in [1.54, 1.807) is 30.1 Å². The second kappa shape index (κ2) is 11.9. The number of esters is 1. The molecule has 10 nitrogen and oxygen atoms in total. The summed E-state index contributed by atoms with van der Waals surface area (Å²) in [5, 5.41) is 13.3. The molecule has 232 valence electrons. The van der Waals surface area contributed by atoms with E-state index in [0.29, 0.717) is 24.9 Å². The summed E-state index contributed by atoms with van der Waals surface area (Å²) in [6.45, 7) is 9.41. The van der Waals surface area contributed by atoms with E-state index in [2.05, 4.69) is 5.32 Å². The zero-order chi connectivity index (χ0) is 31.1. The van der Waals surface area contributed by atoms with Crippen LogP contribution in [0.4, 0.5) is 0 Å². The van der Waals surface area contributed by atoms with Crippen LogP contribution in [0.15, 0.2) is 54.6 Å². The Labute approximate surface area is 253 Å². The summed E-state index contributed by atoms with van der Waals surface area (Å²) in [4.78, 5) is 59.1. The first-order chi connectivity index (χ1) is 20.4. The number of hydrogen-bond acceptors (Lipinski definition) is 7. The van der Waals surface area contributed by atoms with Gasteiger partial charge >= 0.3 is 5.97 Å². The van der Waals surface area contributed by atoms with Gasteiger partial charge in [-0.25, -0.2) is 0 Å². The smallest absolute Gasteiger partial charge is 0.313 e. The van der Waals surface area contributed by atoms with Crippen LogP contribution in [0.25, 0.3) is 0 Å². The van der Waals surface area contributed by atoms with Gasteiger partial charge in [0.1, 0.15) is 23.7 Å². The highest BCUT2D eigenvalue weighted by Crippen LogP contribution is 2.54. The molecule has 3 amide bonds. The van der Waals surface area contributed by atoms with Gasteiger partial charge in [0.15, 0.2) is 0 Å². The Balaban J connectivity index is 1.64. The van der Waals surface area contributed by atoms with Gasteiger partial charge in [0, 0.05) is 18.5 Å². The predicted molar refractivity (Wildman–Crippen MR) is 158 cm³/mol. The molecule has 1 aromatic rings. The summed E-state index contributed by atoms with van der Waals surface area (Å²) in [6, 6.07) is 6.93. The Hall–Kier alpha value is -3.50. The number of nitrogens with zero attached hydrogens (tertiary/aromatic N) is 2. The number of fused-ring (bicyclic) bond motifs is 2. The van der Waals surface area contributed by atoms with Crippen molar-refractivity contribution in [3.05, 3.63) is 60.2 Å². The summed E-state index contributed by atoms with van der Waals surface area (Å²) >= 11 is 0. The van der Waals surface area contributed by atoms with Gasteiger partial charge in [0.05, 0.1) is 30.7 Å². The van der Waals surface area contributed by atoms with Crippen LogP contribution in [-0.4, -0.2) is 87.1 Å². The van der Waals surface area contributed by atoms with Crippen LogP contribution in [-0.2, 0) is 28.7 Å². The fraction of sp³-hybridized carbons (Fsp3) is 0.576. The summed E-state index contributed by atoms with van der Waals surface area (Å²) in [6.07, 6.45) is 6.50. The Kier molecular flexibility index (Phi) is 8.55. The molecule has 0 unspecified atom stereocenters. The lowest BCUT2D eigenvalue weighted by molar-refractivity contribution is -0.162. The van der Waals surface area contributed by atoms with Crippen molar-refractivity contribution < 1.29 is 33.8 Å². The molecule has 2 N–H and O–H groups in total. The molecule has 4 aliphatic heterocycles. The predicted octanol–water partition coefficient (Wildman–Crippen LogP) is 2.67. The third-order valence-corrected chi connectivity index (χ3v) is 9.17. The fourth-order valence-corrected chi connectivity index (χ4v) is 7.05. The topological polar surface area (TPSA) is 125 Å². The molecule has 8 atom stereocenters. The number of cyclic esters (lactones) is 1. The molecule has 0 bridgehead atoms. The minimum Gasteiger partial charge on any atom is -0.455 e. The van der Waals surface area contributed by atoms with Gasteiger partial charge < -0.3 is 29.7 Å². The van der Waals surface area contributed by atoms with Gasteiger partial charge in [-0.05, 0) is 46.1 Å². The van der Waals surface area contributed by atoms with Crippen LogP contribution in [0, 0.1) is 11.8 Å². The third-order valence-electron chi connectivity index (χ3n) is 9.17. The average Bonchev–Trinajstić information content (AvgIpc) is 3.34. The van der Waals surface area contributed by atoms with Gasteiger partial charge in [-0.1, -0.05) is 61.6 Å². The van der Waals surface area contributed by atoms with Gasteiger partial charge in [-0.2, -0.15) is 0 Å². The van der Waals surface area contributed by atoms with Crippen LogP contribution in [0.5, 0.6) is 0 Å². The molecule has 2 fully saturated rings. The van der Waals surface area contributed by atoms with E-state index in [0.717, 1.165) is 0 Å². The lowest BCUT2D eigenvalue weighted by Gasteiger charge is -2.42. The van der Waals surface area contributed by atoms with Crippen molar-refractivity contribution in [1.29, 1.82) is 0 Å². The van der Waals surface area contributed by atoms with E-state index in [-0.39, 0.29) is 24.8 Å².